The summed E-state index contributed by atoms with van der Waals surface area (Å²) >= 11 is 0. The number of ether oxygens (including phenoxy) is 3. The van der Waals surface area contributed by atoms with E-state index in [4.69, 9.17) is 9.47 Å². The van der Waals surface area contributed by atoms with Crippen LogP contribution in [0.15, 0.2) is 30.3 Å². The highest BCUT2D eigenvalue weighted by Crippen LogP contribution is 2.30. The van der Waals surface area contributed by atoms with E-state index in [9.17, 15) is 41.9 Å². The van der Waals surface area contributed by atoms with Crippen molar-refractivity contribution in [1.82, 2.24) is 25.3 Å². The van der Waals surface area contributed by atoms with Gasteiger partial charge < -0.3 is 34.6 Å². The van der Waals surface area contributed by atoms with Gasteiger partial charge in [0.2, 0.25) is 23.6 Å². The number of nitrogens with one attached hydrogen (secondary N) is 2. The molecule has 0 aliphatic carbocycles. The van der Waals surface area contributed by atoms with Gasteiger partial charge in [0.05, 0.1) is 42.7 Å². The molecule has 1 aromatic carbocycles. The van der Waals surface area contributed by atoms with Crippen molar-refractivity contribution >= 4 is 35.6 Å². The molecular formula is C42H64F3N5O9. The van der Waals surface area contributed by atoms with Crippen LogP contribution < -0.4 is 10.6 Å². The second-order valence-corrected chi connectivity index (χ2v) is 16.3. The molecule has 0 saturated carbocycles. The minimum atomic E-state index is -5.43. The number of likely N-dealkylation sites (N-methyl/N-ethyl adjacent to an activating group) is 2. The highest BCUT2D eigenvalue weighted by Gasteiger charge is 2.46. The zero-order valence-corrected chi connectivity index (χ0v) is 35.9. The van der Waals surface area contributed by atoms with Crippen molar-refractivity contribution in [2.75, 3.05) is 41.4 Å². The Bertz CT molecular complexity index is 1580. The standard InChI is InChI=1S/C42H64F3N5O9/c1-10-26(4)35(49(7)39(54)34(25(2)3)47-38(53)31-19-14-15-21-48(31)6)32(57-8)24-33(51)50-22-16-20-30(50)36(58-9)27(5)37(52)46-29(23-28-17-12-11-13-18-28)40(55)59-41(56)42(43,44)45/h11-13,17-18,25-27,29-32,34-36H,10,14-16,19-24H2,1-9H3,(H,46,52)(H,47,53)/t26-,27+,29-,30-,31-,32+,34-,35-,36+/m0/s1. The van der Waals surface area contributed by atoms with Crippen LogP contribution in [0.3, 0.4) is 0 Å². The molecule has 2 aliphatic rings. The molecule has 9 atom stereocenters. The SMILES string of the molecule is CC[C@H](C)[C@@H]([C@@H](CC(=O)N1CCC[C@H]1[C@H](OC)[C@@H](C)C(=O)N[C@@H](Cc1ccccc1)C(=O)OC(=O)C(F)(F)F)OC)N(C)C(=O)[C@@H](NC(=O)[C@@H]1CCCCN1C)C(C)C. The van der Waals surface area contributed by atoms with Crippen molar-refractivity contribution in [3.8, 4) is 0 Å². The van der Waals surface area contributed by atoms with Crippen molar-refractivity contribution in [1.29, 1.82) is 0 Å². The Morgan fingerprint density at radius 2 is 1.58 bits per heavy atom. The number of carbonyl (C=O) groups excluding carboxylic acids is 6. The number of likely N-dealkylation sites (tertiary alicyclic amines) is 2. The van der Waals surface area contributed by atoms with Gasteiger partial charge in [0.25, 0.3) is 0 Å². The number of benzene rings is 1. The fourth-order valence-electron chi connectivity index (χ4n) is 8.26. The molecule has 2 aliphatic heterocycles. The van der Waals surface area contributed by atoms with E-state index in [1.807, 2.05) is 39.6 Å². The third kappa shape index (κ3) is 13.2. The molecule has 4 amide bonds. The summed E-state index contributed by atoms with van der Waals surface area (Å²) < 4.78 is 54.8. The predicted molar refractivity (Wildman–Crippen MR) is 212 cm³/mol. The van der Waals surface area contributed by atoms with Crippen LogP contribution >= 0.6 is 0 Å². The Balaban J connectivity index is 1.79. The molecule has 59 heavy (non-hydrogen) atoms. The lowest BCUT2D eigenvalue weighted by Gasteiger charge is -2.41. The van der Waals surface area contributed by atoms with Gasteiger partial charge in [0.15, 0.2) is 0 Å². The first kappa shape index (κ1) is 49.3. The lowest BCUT2D eigenvalue weighted by molar-refractivity contribution is -0.202. The zero-order valence-electron chi connectivity index (χ0n) is 35.9. The summed E-state index contributed by atoms with van der Waals surface area (Å²) in [5.41, 5.74) is 0.491. The first-order chi connectivity index (χ1) is 27.8. The van der Waals surface area contributed by atoms with E-state index in [1.54, 1.807) is 47.2 Å². The lowest BCUT2D eigenvalue weighted by atomic mass is 9.89. The molecular weight excluding hydrogens is 775 g/mol. The number of amides is 4. The van der Waals surface area contributed by atoms with Crippen LogP contribution in [0.5, 0.6) is 0 Å². The molecule has 0 aromatic heterocycles. The summed E-state index contributed by atoms with van der Waals surface area (Å²) in [4.78, 5) is 85.2. The molecule has 0 bridgehead atoms. The highest BCUT2D eigenvalue weighted by atomic mass is 19.4. The molecule has 2 heterocycles. The van der Waals surface area contributed by atoms with Gasteiger partial charge in [-0.05, 0) is 56.7 Å². The number of alkyl halides is 3. The van der Waals surface area contributed by atoms with E-state index in [0.29, 0.717) is 37.8 Å². The van der Waals surface area contributed by atoms with Gasteiger partial charge in [-0.25, -0.2) is 9.59 Å². The smallest absolute Gasteiger partial charge is 0.385 e. The Kier molecular flexibility index (Phi) is 18.8. The number of piperidine rings is 1. The first-order valence-electron chi connectivity index (χ1n) is 20.6. The molecule has 0 spiro atoms. The van der Waals surface area contributed by atoms with Gasteiger partial charge in [-0.2, -0.15) is 13.2 Å². The topological polar surface area (TPSA) is 164 Å². The second-order valence-electron chi connectivity index (χ2n) is 16.3. The average molecular weight is 840 g/mol. The van der Waals surface area contributed by atoms with Crippen molar-refractivity contribution in [2.45, 2.75) is 135 Å². The molecule has 17 heteroatoms. The summed E-state index contributed by atoms with van der Waals surface area (Å²) in [6.07, 6.45) is -3.07. The zero-order chi connectivity index (χ0) is 44.2. The number of esters is 2. The maximum atomic E-state index is 14.2. The predicted octanol–water partition coefficient (Wildman–Crippen LogP) is 3.89. The number of halogens is 3. The average Bonchev–Trinajstić information content (AvgIpc) is 3.68. The second kappa shape index (κ2) is 22.5. The highest BCUT2D eigenvalue weighted by molar-refractivity contribution is 5.93. The van der Waals surface area contributed by atoms with E-state index < -0.39 is 66.3 Å². The molecule has 1 aromatic rings. The molecule has 14 nitrogen and oxygen atoms in total. The summed E-state index contributed by atoms with van der Waals surface area (Å²) in [6.45, 7) is 10.4. The quantitative estimate of drug-likeness (QED) is 0.154. The number of hydrogen-bond acceptors (Lipinski definition) is 10. The maximum Gasteiger partial charge on any atom is 0.491 e. The van der Waals surface area contributed by atoms with Gasteiger partial charge in [0, 0.05) is 34.2 Å². The van der Waals surface area contributed by atoms with Gasteiger partial charge in [0.1, 0.15) is 12.1 Å². The van der Waals surface area contributed by atoms with Crippen molar-refractivity contribution in [3.05, 3.63) is 35.9 Å². The molecule has 0 radical (unpaired) electrons. The largest absolute Gasteiger partial charge is 0.491 e. The normalized spacial score (nSPS) is 21.1. The first-order valence-corrected chi connectivity index (χ1v) is 20.6. The van der Waals surface area contributed by atoms with Crippen molar-refractivity contribution < 1.29 is 56.1 Å². The Hall–Kier alpha value is -4.09. The Labute approximate surface area is 346 Å². The molecule has 332 valence electrons. The monoisotopic (exact) mass is 839 g/mol. The lowest BCUT2D eigenvalue weighted by Crippen LogP contribution is -2.59. The van der Waals surface area contributed by atoms with Gasteiger partial charge in [-0.1, -0.05) is 77.8 Å². The van der Waals surface area contributed by atoms with Crippen LogP contribution in [-0.4, -0.2) is 140 Å². The molecule has 0 unspecified atom stereocenters. The Morgan fingerprint density at radius 1 is 0.915 bits per heavy atom. The van der Waals surface area contributed by atoms with E-state index in [2.05, 4.69) is 15.4 Å². The van der Waals surface area contributed by atoms with Crippen molar-refractivity contribution in [2.24, 2.45) is 17.8 Å². The number of hydrogen-bond donors (Lipinski definition) is 2. The van der Waals surface area contributed by atoms with Crippen LogP contribution in [0, 0.1) is 17.8 Å². The van der Waals surface area contributed by atoms with Gasteiger partial charge in [-0.15, -0.1) is 0 Å². The third-order valence-electron chi connectivity index (χ3n) is 11.9. The fraction of sp³-hybridized carbons (Fsp3) is 0.714. The van der Waals surface area contributed by atoms with Gasteiger partial charge >= 0.3 is 18.1 Å². The molecule has 2 saturated heterocycles. The van der Waals surface area contributed by atoms with Crippen LogP contribution in [0.4, 0.5) is 13.2 Å². The molecule has 2 N–H and O–H groups in total. The summed E-state index contributed by atoms with van der Waals surface area (Å²) in [7, 11) is 6.44. The van der Waals surface area contributed by atoms with Crippen LogP contribution in [0.25, 0.3) is 0 Å². The Morgan fingerprint density at radius 3 is 2.14 bits per heavy atom. The minimum absolute atomic E-state index is 0.110. The van der Waals surface area contributed by atoms with Crippen LogP contribution in [0.2, 0.25) is 0 Å². The fourth-order valence-corrected chi connectivity index (χ4v) is 8.26. The summed E-state index contributed by atoms with van der Waals surface area (Å²) in [6, 6.07) is 4.27. The van der Waals surface area contributed by atoms with Crippen LogP contribution in [-0.2, 0) is 49.4 Å². The number of carbonyl (C=O) groups is 6. The van der Waals surface area contributed by atoms with E-state index >= 15 is 0 Å². The van der Waals surface area contributed by atoms with E-state index in [-0.39, 0.29) is 48.4 Å². The van der Waals surface area contributed by atoms with Crippen LogP contribution in [0.1, 0.15) is 85.1 Å². The number of rotatable bonds is 19. The van der Waals surface area contributed by atoms with E-state index in [0.717, 1.165) is 19.4 Å². The third-order valence-corrected chi connectivity index (χ3v) is 11.9. The minimum Gasteiger partial charge on any atom is -0.385 e. The maximum absolute atomic E-state index is 14.2. The summed E-state index contributed by atoms with van der Waals surface area (Å²) in [5.74, 6) is -7.17. The molecule has 2 fully saturated rings. The van der Waals surface area contributed by atoms with E-state index in [1.165, 1.54) is 21.1 Å². The summed E-state index contributed by atoms with van der Waals surface area (Å²) in [5, 5.41) is 5.47. The number of methoxy groups -OCH3 is 2. The molecule has 3 rings (SSSR count). The van der Waals surface area contributed by atoms with Gasteiger partial charge in [-0.3, -0.25) is 24.1 Å². The number of nitrogens with zero attached hydrogens (tertiary/aromatic N) is 3. The van der Waals surface area contributed by atoms with Crippen molar-refractivity contribution in [3.63, 3.8) is 0 Å².